The molecule has 0 unspecified atom stereocenters. The molecule has 3 N–H and O–H groups in total. The van der Waals surface area contributed by atoms with E-state index in [2.05, 4.69) is 13.0 Å². The van der Waals surface area contributed by atoms with Crippen LogP contribution in [0.25, 0.3) is 0 Å². The molecule has 2 saturated carbocycles. The van der Waals surface area contributed by atoms with Crippen LogP contribution in [0.5, 0.6) is 5.75 Å². The maximum Gasteiger partial charge on any atom is 0.329 e. The van der Waals surface area contributed by atoms with Crippen LogP contribution >= 0.6 is 0 Å². The van der Waals surface area contributed by atoms with Crippen molar-refractivity contribution in [2.45, 2.75) is 70.3 Å². The number of unbranched alkanes of at least 4 members (excludes halogenated alkanes) is 1. The first-order valence-corrected chi connectivity index (χ1v) is 15.5. The number of carboxylic acids is 1. The average molecular weight is 579 g/mol. The molecule has 1 aromatic carbocycles. The molecule has 0 bridgehead atoms. The average Bonchev–Trinajstić information content (AvgIpc) is 3.25. The van der Waals surface area contributed by atoms with Crippen LogP contribution in [0.2, 0.25) is 0 Å². The van der Waals surface area contributed by atoms with Gasteiger partial charge in [0, 0.05) is 6.61 Å². The summed E-state index contributed by atoms with van der Waals surface area (Å²) in [5.41, 5.74) is 2.82. The first-order valence-electron chi connectivity index (χ1n) is 15.5. The molecule has 232 valence electrons. The summed E-state index contributed by atoms with van der Waals surface area (Å²) in [5.74, 6) is 1.71. The number of benzene rings is 1. The molecule has 6 atom stereocenters. The van der Waals surface area contributed by atoms with Gasteiger partial charge in [0.25, 0.3) is 0 Å². The summed E-state index contributed by atoms with van der Waals surface area (Å²) >= 11 is 0. The van der Waals surface area contributed by atoms with Crippen LogP contribution in [0.3, 0.4) is 0 Å². The largest absolute Gasteiger partial charge is 0.508 e. The number of aromatic hydroxyl groups is 1. The Morgan fingerprint density at radius 1 is 0.878 bits per heavy atom. The first kappa shape index (κ1) is 32.2. The van der Waals surface area contributed by atoms with Gasteiger partial charge in [-0.25, -0.2) is 4.79 Å². The molecule has 0 amide bonds. The molecule has 41 heavy (non-hydrogen) atoms. The number of fused-ring (bicyclic) bond motifs is 5. The SMILES string of the molecule is C[C@]12CC[C@@H]3c4ccc(O)cc4C[C@@H](CCCCOCCOCCOCCOCCOCC(=O)O)[C@H]3[C@@H]1CC[C@@H]2O. The molecule has 0 aromatic heterocycles. The summed E-state index contributed by atoms with van der Waals surface area (Å²) < 4.78 is 27.0. The van der Waals surface area contributed by atoms with E-state index in [-0.39, 0.29) is 24.7 Å². The highest BCUT2D eigenvalue weighted by Gasteiger charge is 2.56. The van der Waals surface area contributed by atoms with Crippen molar-refractivity contribution in [2.75, 3.05) is 66.1 Å². The molecular weight excluding hydrogens is 528 g/mol. The normalized spacial score (nSPS) is 28.7. The number of phenols is 1. The molecule has 9 nitrogen and oxygen atoms in total. The lowest BCUT2D eigenvalue weighted by Crippen LogP contribution is -2.47. The zero-order valence-electron chi connectivity index (χ0n) is 24.6. The van der Waals surface area contributed by atoms with Crippen LogP contribution in [0.1, 0.15) is 68.9 Å². The Bertz CT molecular complexity index is 940. The minimum absolute atomic E-state index is 0.0513. The molecule has 3 aliphatic rings. The molecule has 0 heterocycles. The van der Waals surface area contributed by atoms with E-state index in [0.29, 0.717) is 75.7 Å². The van der Waals surface area contributed by atoms with Gasteiger partial charge in [-0.3, -0.25) is 0 Å². The summed E-state index contributed by atoms with van der Waals surface area (Å²) in [6, 6.07) is 6.00. The van der Waals surface area contributed by atoms with Gasteiger partial charge in [0.2, 0.25) is 0 Å². The van der Waals surface area contributed by atoms with Crippen molar-refractivity contribution in [2.24, 2.45) is 23.2 Å². The Balaban J connectivity index is 1.06. The van der Waals surface area contributed by atoms with Gasteiger partial charge in [-0.05, 0) is 97.3 Å². The second-order valence-corrected chi connectivity index (χ2v) is 12.2. The van der Waals surface area contributed by atoms with E-state index in [9.17, 15) is 15.0 Å². The summed E-state index contributed by atoms with van der Waals surface area (Å²) in [7, 11) is 0. The van der Waals surface area contributed by atoms with Crippen LogP contribution in [0, 0.1) is 23.2 Å². The predicted molar refractivity (Wildman–Crippen MR) is 153 cm³/mol. The van der Waals surface area contributed by atoms with Gasteiger partial charge in [0.05, 0.1) is 59.0 Å². The van der Waals surface area contributed by atoms with E-state index in [1.54, 1.807) is 0 Å². The fraction of sp³-hybridized carbons (Fsp3) is 0.781. The standard InChI is InChI=1S/C32H50O9/c1-32-10-9-27-26-6-5-25(33)21-24(26)20-23(31(27)28(32)7-8-29(32)34)4-2-3-11-37-12-13-38-14-15-39-16-17-40-18-19-41-22-30(35)36/h5-6,21,23,27-29,31,33-34H,2-4,7-20,22H2,1H3,(H,35,36)/t23-,27-,28+,29+,31-,32+/m1/s1. The second-order valence-electron chi connectivity index (χ2n) is 12.2. The summed E-state index contributed by atoms with van der Waals surface area (Å²) in [5, 5.41) is 29.5. The number of aliphatic hydroxyl groups excluding tert-OH is 1. The third-order valence-electron chi connectivity index (χ3n) is 9.66. The number of carbonyl (C=O) groups is 1. The summed E-state index contributed by atoms with van der Waals surface area (Å²) in [6.07, 6.45) is 8.46. The lowest BCUT2D eigenvalue weighted by atomic mass is 9.52. The van der Waals surface area contributed by atoms with Crippen LogP contribution in [0.4, 0.5) is 0 Å². The summed E-state index contributed by atoms with van der Waals surface area (Å²) in [4.78, 5) is 10.3. The Labute approximate surface area is 244 Å². The highest BCUT2D eigenvalue weighted by atomic mass is 16.6. The van der Waals surface area contributed by atoms with Crippen LogP contribution in [-0.2, 0) is 34.9 Å². The van der Waals surface area contributed by atoms with Crippen LogP contribution in [-0.4, -0.2) is 93.5 Å². The molecule has 0 aliphatic heterocycles. The van der Waals surface area contributed by atoms with Gasteiger partial charge >= 0.3 is 5.97 Å². The zero-order valence-corrected chi connectivity index (χ0v) is 24.6. The Morgan fingerprint density at radius 3 is 2.17 bits per heavy atom. The Hall–Kier alpha value is -1.75. The molecule has 9 heteroatoms. The van der Waals surface area contributed by atoms with E-state index >= 15 is 0 Å². The topological polar surface area (TPSA) is 124 Å². The molecule has 0 saturated heterocycles. The molecule has 1 aromatic rings. The zero-order chi connectivity index (χ0) is 29.1. The predicted octanol–water partition coefficient (Wildman–Crippen LogP) is 4.17. The van der Waals surface area contributed by atoms with E-state index in [1.807, 2.05) is 12.1 Å². The second kappa shape index (κ2) is 16.2. The minimum Gasteiger partial charge on any atom is -0.508 e. The number of aliphatic hydroxyl groups is 1. The van der Waals surface area contributed by atoms with Crippen molar-refractivity contribution in [3.05, 3.63) is 29.3 Å². The molecule has 2 fully saturated rings. The van der Waals surface area contributed by atoms with Gasteiger partial charge in [-0.15, -0.1) is 0 Å². The number of carboxylic acid groups (broad SMARTS) is 1. The quantitative estimate of drug-likeness (QED) is 0.208. The maximum atomic E-state index is 10.8. The third-order valence-corrected chi connectivity index (χ3v) is 9.66. The molecule has 0 radical (unpaired) electrons. The number of hydrogen-bond donors (Lipinski definition) is 3. The monoisotopic (exact) mass is 578 g/mol. The van der Waals surface area contributed by atoms with Gasteiger partial charge in [0.15, 0.2) is 0 Å². The first-order chi connectivity index (χ1) is 19.9. The van der Waals surface area contributed by atoms with Gasteiger partial charge in [-0.2, -0.15) is 0 Å². The molecule has 0 spiro atoms. The van der Waals surface area contributed by atoms with E-state index in [4.69, 9.17) is 28.8 Å². The van der Waals surface area contributed by atoms with Crippen molar-refractivity contribution in [1.29, 1.82) is 0 Å². The molecule has 3 aliphatic carbocycles. The van der Waals surface area contributed by atoms with E-state index in [1.165, 1.54) is 11.1 Å². The van der Waals surface area contributed by atoms with Crippen molar-refractivity contribution in [3.63, 3.8) is 0 Å². The number of hydrogen-bond acceptors (Lipinski definition) is 8. The van der Waals surface area contributed by atoms with E-state index in [0.717, 1.165) is 58.0 Å². The smallest absolute Gasteiger partial charge is 0.329 e. The fourth-order valence-electron chi connectivity index (χ4n) is 7.68. The van der Waals surface area contributed by atoms with Gasteiger partial charge in [0.1, 0.15) is 12.4 Å². The minimum atomic E-state index is -0.987. The van der Waals surface area contributed by atoms with Crippen LogP contribution < -0.4 is 0 Å². The van der Waals surface area contributed by atoms with Crippen molar-refractivity contribution in [3.8, 4) is 5.75 Å². The summed E-state index contributed by atoms with van der Waals surface area (Å²) in [6.45, 7) is 6.32. The number of aliphatic carboxylic acids is 1. The van der Waals surface area contributed by atoms with Gasteiger partial charge in [-0.1, -0.05) is 19.4 Å². The van der Waals surface area contributed by atoms with E-state index < -0.39 is 5.97 Å². The highest BCUT2D eigenvalue weighted by Crippen LogP contribution is 2.62. The van der Waals surface area contributed by atoms with Crippen molar-refractivity contribution < 1.29 is 43.8 Å². The number of ether oxygens (including phenoxy) is 5. The Kier molecular flexibility index (Phi) is 12.7. The third kappa shape index (κ3) is 8.88. The van der Waals surface area contributed by atoms with Gasteiger partial charge < -0.3 is 39.0 Å². The lowest BCUT2D eigenvalue weighted by molar-refractivity contribution is -0.142. The van der Waals surface area contributed by atoms with Crippen molar-refractivity contribution >= 4 is 5.97 Å². The highest BCUT2D eigenvalue weighted by molar-refractivity contribution is 5.67. The van der Waals surface area contributed by atoms with Crippen molar-refractivity contribution in [1.82, 2.24) is 0 Å². The lowest BCUT2D eigenvalue weighted by Gasteiger charge is -2.53. The molecular formula is C32H50O9. The number of rotatable bonds is 19. The maximum absolute atomic E-state index is 10.8. The fourth-order valence-corrected chi connectivity index (χ4v) is 7.68. The van der Waals surface area contributed by atoms with Crippen LogP contribution in [0.15, 0.2) is 18.2 Å². The molecule has 4 rings (SSSR count). The number of phenolic OH excluding ortho intramolecular Hbond substituents is 1. The Morgan fingerprint density at radius 2 is 1.51 bits per heavy atom.